The third-order valence-electron chi connectivity index (χ3n) is 3.47. The number of halogens is 1. The minimum Gasteiger partial charge on any atom is -0.326 e. The lowest BCUT2D eigenvalue weighted by Gasteiger charge is -2.21. The molecular formula is C15H21ClN2O3S. The molecular weight excluding hydrogens is 324 g/mol. The SMILES string of the molecule is CC(C)(C)NS(=O)(=O)c1ccc(NC(=O)C2(C)CC2)cc1Cl. The van der Waals surface area contributed by atoms with Gasteiger partial charge in [-0.3, -0.25) is 4.79 Å². The molecule has 1 aliphatic carbocycles. The smallest absolute Gasteiger partial charge is 0.242 e. The van der Waals surface area contributed by atoms with Gasteiger partial charge in [0.15, 0.2) is 0 Å². The van der Waals surface area contributed by atoms with E-state index in [4.69, 9.17) is 11.6 Å². The minimum absolute atomic E-state index is 0.000255. The molecule has 22 heavy (non-hydrogen) atoms. The molecule has 1 fully saturated rings. The van der Waals surface area contributed by atoms with Gasteiger partial charge in [0.2, 0.25) is 15.9 Å². The van der Waals surface area contributed by atoms with Crippen molar-refractivity contribution >= 4 is 33.2 Å². The van der Waals surface area contributed by atoms with Gasteiger partial charge in [-0.2, -0.15) is 0 Å². The fourth-order valence-corrected chi connectivity index (χ4v) is 3.92. The van der Waals surface area contributed by atoms with Crippen molar-refractivity contribution in [2.75, 3.05) is 5.32 Å². The van der Waals surface area contributed by atoms with Crippen LogP contribution in [0.3, 0.4) is 0 Å². The number of sulfonamides is 1. The predicted molar refractivity (Wildman–Crippen MR) is 87.5 cm³/mol. The predicted octanol–water partition coefficient (Wildman–Crippen LogP) is 3.16. The molecule has 1 aromatic carbocycles. The van der Waals surface area contributed by atoms with E-state index in [0.29, 0.717) is 5.69 Å². The summed E-state index contributed by atoms with van der Waals surface area (Å²) >= 11 is 6.09. The number of benzene rings is 1. The van der Waals surface area contributed by atoms with Crippen LogP contribution in [-0.2, 0) is 14.8 Å². The van der Waals surface area contributed by atoms with Gasteiger partial charge in [0.1, 0.15) is 4.90 Å². The summed E-state index contributed by atoms with van der Waals surface area (Å²) in [5.41, 5.74) is -0.404. The van der Waals surface area contributed by atoms with E-state index in [-0.39, 0.29) is 21.2 Å². The molecule has 122 valence electrons. The molecule has 1 aromatic rings. The molecule has 0 heterocycles. The number of carbonyl (C=O) groups is 1. The number of hydrogen-bond donors (Lipinski definition) is 2. The molecule has 0 radical (unpaired) electrons. The Balaban J connectivity index is 2.21. The molecule has 0 aromatic heterocycles. The highest BCUT2D eigenvalue weighted by Gasteiger charge is 2.44. The zero-order chi connectivity index (χ0) is 16.8. The summed E-state index contributed by atoms with van der Waals surface area (Å²) in [4.78, 5) is 12.0. The second-order valence-corrected chi connectivity index (χ2v) is 9.07. The quantitative estimate of drug-likeness (QED) is 0.881. The highest BCUT2D eigenvalue weighted by atomic mass is 35.5. The summed E-state index contributed by atoms with van der Waals surface area (Å²) in [5.74, 6) is -0.0630. The van der Waals surface area contributed by atoms with Gasteiger partial charge in [-0.1, -0.05) is 18.5 Å². The number of anilines is 1. The lowest BCUT2D eigenvalue weighted by molar-refractivity contribution is -0.120. The van der Waals surface area contributed by atoms with E-state index in [1.807, 2.05) is 6.92 Å². The largest absolute Gasteiger partial charge is 0.326 e. The summed E-state index contributed by atoms with van der Waals surface area (Å²) in [5, 5.41) is 2.85. The van der Waals surface area contributed by atoms with Crippen LogP contribution in [0, 0.1) is 5.41 Å². The monoisotopic (exact) mass is 344 g/mol. The van der Waals surface area contributed by atoms with Crippen LogP contribution < -0.4 is 10.0 Å². The second kappa shape index (κ2) is 5.51. The molecule has 5 nitrogen and oxygen atoms in total. The van der Waals surface area contributed by atoms with Crippen molar-refractivity contribution in [2.45, 2.75) is 51.0 Å². The van der Waals surface area contributed by atoms with Gasteiger partial charge in [-0.15, -0.1) is 0 Å². The van der Waals surface area contributed by atoms with Crippen molar-refractivity contribution in [1.29, 1.82) is 0 Å². The second-order valence-electron chi connectivity index (χ2n) is 7.02. The van der Waals surface area contributed by atoms with Crippen LogP contribution in [0.4, 0.5) is 5.69 Å². The number of nitrogens with one attached hydrogen (secondary N) is 2. The van der Waals surface area contributed by atoms with E-state index in [1.165, 1.54) is 12.1 Å². The minimum atomic E-state index is -3.70. The van der Waals surface area contributed by atoms with Crippen LogP contribution in [0.1, 0.15) is 40.5 Å². The molecule has 0 aliphatic heterocycles. The summed E-state index contributed by atoms with van der Waals surface area (Å²) in [6, 6.07) is 4.41. The lowest BCUT2D eigenvalue weighted by Crippen LogP contribution is -2.40. The Bertz CT molecular complexity index is 704. The third kappa shape index (κ3) is 4.00. The van der Waals surface area contributed by atoms with Crippen molar-refractivity contribution in [3.63, 3.8) is 0 Å². The molecule has 7 heteroatoms. The maximum atomic E-state index is 12.3. The maximum Gasteiger partial charge on any atom is 0.242 e. The highest BCUT2D eigenvalue weighted by Crippen LogP contribution is 2.45. The first-order valence-corrected chi connectivity index (χ1v) is 8.94. The Morgan fingerprint density at radius 1 is 1.27 bits per heavy atom. The van der Waals surface area contributed by atoms with E-state index < -0.39 is 15.6 Å². The van der Waals surface area contributed by atoms with Crippen molar-refractivity contribution in [2.24, 2.45) is 5.41 Å². The Kier molecular flexibility index (Phi) is 4.32. The summed E-state index contributed by atoms with van der Waals surface area (Å²) < 4.78 is 27.1. The highest BCUT2D eigenvalue weighted by molar-refractivity contribution is 7.89. The van der Waals surface area contributed by atoms with E-state index in [2.05, 4.69) is 10.0 Å². The van der Waals surface area contributed by atoms with E-state index >= 15 is 0 Å². The van der Waals surface area contributed by atoms with Gasteiger partial charge >= 0.3 is 0 Å². The van der Waals surface area contributed by atoms with Gasteiger partial charge in [-0.25, -0.2) is 13.1 Å². The van der Waals surface area contributed by atoms with E-state index in [1.54, 1.807) is 26.8 Å². The first kappa shape index (κ1) is 17.2. The summed E-state index contributed by atoms with van der Waals surface area (Å²) in [6.07, 6.45) is 1.74. The first-order valence-electron chi connectivity index (χ1n) is 7.08. The molecule has 1 amide bonds. The van der Waals surface area contributed by atoms with Gasteiger partial charge in [0.25, 0.3) is 0 Å². The van der Waals surface area contributed by atoms with Crippen LogP contribution in [0.25, 0.3) is 0 Å². The molecule has 1 saturated carbocycles. The van der Waals surface area contributed by atoms with Crippen molar-refractivity contribution in [3.05, 3.63) is 23.2 Å². The number of carbonyl (C=O) groups excluding carboxylic acids is 1. The van der Waals surface area contributed by atoms with Gasteiger partial charge < -0.3 is 5.32 Å². The molecule has 0 bridgehead atoms. The van der Waals surface area contributed by atoms with Crippen LogP contribution in [-0.4, -0.2) is 19.9 Å². The van der Waals surface area contributed by atoms with E-state index in [0.717, 1.165) is 12.8 Å². The fourth-order valence-electron chi connectivity index (χ4n) is 1.95. The van der Waals surface area contributed by atoms with Crippen molar-refractivity contribution in [3.8, 4) is 0 Å². The molecule has 0 saturated heterocycles. The van der Waals surface area contributed by atoms with Crippen LogP contribution in [0.15, 0.2) is 23.1 Å². The Morgan fingerprint density at radius 3 is 2.32 bits per heavy atom. The molecule has 0 spiro atoms. The average molecular weight is 345 g/mol. The number of amides is 1. The molecule has 0 atom stereocenters. The van der Waals surface area contributed by atoms with Gasteiger partial charge in [0.05, 0.1) is 5.02 Å². The average Bonchev–Trinajstić information content (AvgIpc) is 3.05. The standard InChI is InChI=1S/C15H21ClN2O3S/c1-14(2,3)18-22(20,21)12-6-5-10(9-11(12)16)17-13(19)15(4)7-8-15/h5-6,9,18H,7-8H2,1-4H3,(H,17,19). The molecule has 1 aliphatic rings. The van der Waals surface area contributed by atoms with Crippen LogP contribution in [0.5, 0.6) is 0 Å². The first-order chi connectivity index (χ1) is 9.93. The van der Waals surface area contributed by atoms with Crippen molar-refractivity contribution in [1.82, 2.24) is 4.72 Å². The zero-order valence-electron chi connectivity index (χ0n) is 13.2. The Hall–Kier alpha value is -1.11. The zero-order valence-corrected chi connectivity index (χ0v) is 14.7. The van der Waals surface area contributed by atoms with E-state index in [9.17, 15) is 13.2 Å². The fraction of sp³-hybridized carbons (Fsp3) is 0.533. The van der Waals surface area contributed by atoms with Crippen LogP contribution >= 0.6 is 11.6 Å². The molecule has 0 unspecified atom stereocenters. The van der Waals surface area contributed by atoms with Gasteiger partial charge in [-0.05, 0) is 51.8 Å². The van der Waals surface area contributed by atoms with Gasteiger partial charge in [0, 0.05) is 16.6 Å². The lowest BCUT2D eigenvalue weighted by atomic mass is 10.1. The normalized spacial score (nSPS) is 17.1. The Morgan fingerprint density at radius 2 is 1.86 bits per heavy atom. The molecule has 2 rings (SSSR count). The van der Waals surface area contributed by atoms with Crippen molar-refractivity contribution < 1.29 is 13.2 Å². The molecule has 2 N–H and O–H groups in total. The summed E-state index contributed by atoms with van der Waals surface area (Å²) in [7, 11) is -3.70. The maximum absolute atomic E-state index is 12.3. The third-order valence-corrected chi connectivity index (χ3v) is 5.71. The number of hydrogen-bond acceptors (Lipinski definition) is 3. The number of rotatable bonds is 4. The topological polar surface area (TPSA) is 75.3 Å². The Labute approximate surface area is 136 Å². The summed E-state index contributed by atoms with van der Waals surface area (Å²) in [6.45, 7) is 7.16. The van der Waals surface area contributed by atoms with Crippen LogP contribution in [0.2, 0.25) is 5.02 Å².